The number of hydrogen-bond donors (Lipinski definition) is 3. The minimum Gasteiger partial charge on any atom is -0.476 e. The molecule has 0 bridgehead atoms. The van der Waals surface area contributed by atoms with Gasteiger partial charge in [-0.3, -0.25) is 4.79 Å². The molecule has 0 fully saturated rings. The zero-order valence-corrected chi connectivity index (χ0v) is 7.84. The van der Waals surface area contributed by atoms with Crippen molar-refractivity contribution in [1.29, 1.82) is 0 Å². The van der Waals surface area contributed by atoms with Gasteiger partial charge in [0.05, 0.1) is 0 Å². The number of aromatic nitrogens is 2. The van der Waals surface area contributed by atoms with Crippen molar-refractivity contribution in [3.63, 3.8) is 0 Å². The number of carbonyl (C=O) groups is 2. The molecule has 0 atom stereocenters. The van der Waals surface area contributed by atoms with E-state index in [1.54, 1.807) is 0 Å². The predicted molar refractivity (Wildman–Crippen MR) is 45.0 cm³/mol. The summed E-state index contributed by atoms with van der Waals surface area (Å²) in [5.74, 6) is -4.37. The molecule has 88 valence electrons. The number of hydrogen-bond acceptors (Lipinski definition) is 3. The van der Waals surface area contributed by atoms with Gasteiger partial charge in [0, 0.05) is 0 Å². The maximum Gasteiger partial charge on any atom is 0.471 e. The molecule has 9 heteroatoms. The van der Waals surface area contributed by atoms with Gasteiger partial charge in [-0.1, -0.05) is 0 Å². The molecule has 0 saturated heterocycles. The molecule has 0 radical (unpaired) electrons. The van der Waals surface area contributed by atoms with Crippen LogP contribution in [-0.2, 0) is 4.79 Å². The van der Waals surface area contributed by atoms with Crippen LogP contribution in [0.5, 0.6) is 0 Å². The molecule has 0 aliphatic carbocycles. The number of nitrogens with one attached hydrogen (secondary N) is 2. The van der Waals surface area contributed by atoms with Gasteiger partial charge in [0.25, 0.3) is 0 Å². The lowest BCUT2D eigenvalue weighted by Crippen LogP contribution is -2.30. The molecule has 3 N–H and O–H groups in total. The molecule has 0 spiro atoms. The van der Waals surface area contributed by atoms with E-state index in [0.717, 1.165) is 0 Å². The summed E-state index contributed by atoms with van der Waals surface area (Å²) in [5, 5.41) is 9.96. The number of halogens is 3. The highest BCUT2D eigenvalue weighted by Gasteiger charge is 2.39. The van der Waals surface area contributed by atoms with Gasteiger partial charge in [-0.05, 0) is 6.92 Å². The molecule has 1 aromatic rings. The largest absolute Gasteiger partial charge is 0.476 e. The lowest BCUT2D eigenvalue weighted by molar-refractivity contribution is -0.167. The van der Waals surface area contributed by atoms with Gasteiger partial charge in [0.15, 0.2) is 11.5 Å². The van der Waals surface area contributed by atoms with Crippen molar-refractivity contribution in [2.45, 2.75) is 13.1 Å². The maximum absolute atomic E-state index is 11.9. The summed E-state index contributed by atoms with van der Waals surface area (Å²) in [6, 6.07) is 0. The first-order valence-corrected chi connectivity index (χ1v) is 3.90. The summed E-state index contributed by atoms with van der Waals surface area (Å²) in [7, 11) is 0. The van der Waals surface area contributed by atoms with Crippen LogP contribution in [0.25, 0.3) is 0 Å². The number of anilines is 1. The Morgan fingerprint density at radius 2 is 2.00 bits per heavy atom. The second-order valence-electron chi connectivity index (χ2n) is 2.80. The molecule has 1 rings (SSSR count). The fourth-order valence-corrected chi connectivity index (χ4v) is 0.915. The van der Waals surface area contributed by atoms with Crippen LogP contribution in [0.15, 0.2) is 0 Å². The summed E-state index contributed by atoms with van der Waals surface area (Å²) in [5.41, 5.74) is -0.602. The quantitative estimate of drug-likeness (QED) is 0.712. The molecular weight excluding hydrogens is 231 g/mol. The van der Waals surface area contributed by atoms with Gasteiger partial charge in [0.2, 0.25) is 0 Å². The number of aromatic amines is 1. The standard InChI is InChI=1S/C7H6F3N3O3/c1-2-11-3(5(14)15)4(12-2)13-6(16)7(8,9)10/h1H3,(H,11,12)(H,13,16)(H,14,15). The van der Waals surface area contributed by atoms with Gasteiger partial charge in [0.1, 0.15) is 5.82 Å². The number of aryl methyl sites for hydroxylation is 1. The Morgan fingerprint density at radius 1 is 1.44 bits per heavy atom. The zero-order chi connectivity index (χ0) is 12.5. The Hall–Kier alpha value is -2.06. The van der Waals surface area contributed by atoms with Crippen molar-refractivity contribution in [2.75, 3.05) is 5.32 Å². The van der Waals surface area contributed by atoms with Crippen molar-refractivity contribution < 1.29 is 27.9 Å². The number of H-pyrrole nitrogens is 1. The van der Waals surface area contributed by atoms with Gasteiger partial charge < -0.3 is 15.4 Å². The van der Waals surface area contributed by atoms with Crippen LogP contribution < -0.4 is 5.32 Å². The van der Waals surface area contributed by atoms with E-state index >= 15 is 0 Å². The van der Waals surface area contributed by atoms with Gasteiger partial charge in [-0.2, -0.15) is 13.2 Å². The highest BCUT2D eigenvalue weighted by Crippen LogP contribution is 2.19. The van der Waals surface area contributed by atoms with E-state index in [2.05, 4.69) is 9.97 Å². The fraction of sp³-hybridized carbons (Fsp3) is 0.286. The first-order chi connectivity index (χ1) is 7.21. The maximum atomic E-state index is 11.9. The van der Waals surface area contributed by atoms with Gasteiger partial charge in [-0.15, -0.1) is 0 Å². The number of carboxylic acids is 1. The second-order valence-corrected chi connectivity index (χ2v) is 2.80. The number of alkyl halides is 3. The average molecular weight is 237 g/mol. The molecule has 0 aliphatic heterocycles. The number of carboxylic acid groups (broad SMARTS) is 1. The highest BCUT2D eigenvalue weighted by atomic mass is 19.4. The van der Waals surface area contributed by atoms with Crippen LogP contribution >= 0.6 is 0 Å². The second kappa shape index (κ2) is 3.83. The number of carbonyl (C=O) groups excluding carboxylic acids is 1. The lowest BCUT2D eigenvalue weighted by atomic mass is 10.4. The molecule has 1 amide bonds. The predicted octanol–water partition coefficient (Wildman–Crippen LogP) is 0.917. The van der Waals surface area contributed by atoms with Crippen molar-refractivity contribution in [2.24, 2.45) is 0 Å². The van der Waals surface area contributed by atoms with Crippen LogP contribution in [-0.4, -0.2) is 33.1 Å². The molecule has 16 heavy (non-hydrogen) atoms. The Labute approximate surface area is 86.5 Å². The van der Waals surface area contributed by atoms with Crippen molar-refractivity contribution in [1.82, 2.24) is 9.97 Å². The minimum absolute atomic E-state index is 0.0786. The van der Waals surface area contributed by atoms with E-state index in [9.17, 15) is 22.8 Å². The third-order valence-electron chi connectivity index (χ3n) is 1.53. The van der Waals surface area contributed by atoms with E-state index in [4.69, 9.17) is 5.11 Å². The summed E-state index contributed by atoms with van der Waals surface area (Å²) in [6.07, 6.45) is -5.09. The van der Waals surface area contributed by atoms with Gasteiger partial charge in [-0.25, -0.2) is 9.78 Å². The molecule has 0 unspecified atom stereocenters. The van der Waals surface area contributed by atoms with E-state index in [0.29, 0.717) is 0 Å². The van der Waals surface area contributed by atoms with Crippen molar-refractivity contribution in [3.05, 3.63) is 11.5 Å². The molecule has 1 heterocycles. The van der Waals surface area contributed by atoms with Gasteiger partial charge >= 0.3 is 18.1 Å². The fourth-order valence-electron chi connectivity index (χ4n) is 0.915. The van der Waals surface area contributed by atoms with Crippen LogP contribution in [0, 0.1) is 6.92 Å². The van der Waals surface area contributed by atoms with E-state index in [1.165, 1.54) is 12.2 Å². The average Bonchev–Trinajstić information content (AvgIpc) is 2.45. The number of nitrogens with zero attached hydrogens (tertiary/aromatic N) is 1. The molecule has 0 saturated carbocycles. The van der Waals surface area contributed by atoms with Crippen molar-refractivity contribution >= 4 is 17.7 Å². The third-order valence-corrected chi connectivity index (χ3v) is 1.53. The first kappa shape index (κ1) is 12.0. The topological polar surface area (TPSA) is 95.1 Å². The van der Waals surface area contributed by atoms with E-state index in [-0.39, 0.29) is 5.82 Å². The van der Waals surface area contributed by atoms with Crippen LogP contribution in [0.4, 0.5) is 19.0 Å². The van der Waals surface area contributed by atoms with E-state index in [1.807, 2.05) is 0 Å². The monoisotopic (exact) mass is 237 g/mol. The van der Waals surface area contributed by atoms with Crippen molar-refractivity contribution in [3.8, 4) is 0 Å². The van der Waals surface area contributed by atoms with Crippen LogP contribution in [0.3, 0.4) is 0 Å². The molecular formula is C7H6F3N3O3. The Morgan fingerprint density at radius 3 is 2.44 bits per heavy atom. The Balaban J connectivity index is 2.98. The molecule has 6 nitrogen and oxygen atoms in total. The molecule has 1 aromatic heterocycles. The van der Waals surface area contributed by atoms with Crippen LogP contribution in [0.2, 0.25) is 0 Å². The summed E-state index contributed by atoms with van der Waals surface area (Å²) >= 11 is 0. The molecule has 0 aromatic carbocycles. The molecule has 0 aliphatic rings. The van der Waals surface area contributed by atoms with Crippen LogP contribution in [0.1, 0.15) is 16.3 Å². The first-order valence-electron chi connectivity index (χ1n) is 3.90. The number of rotatable bonds is 2. The summed E-state index contributed by atoms with van der Waals surface area (Å²) < 4.78 is 35.6. The number of aromatic carboxylic acids is 1. The number of amides is 1. The number of imidazole rings is 1. The summed E-state index contributed by atoms with van der Waals surface area (Å²) in [4.78, 5) is 26.7. The zero-order valence-electron chi connectivity index (χ0n) is 7.84. The Kier molecular flexibility index (Phi) is 2.88. The lowest BCUT2D eigenvalue weighted by Gasteiger charge is -2.05. The SMILES string of the molecule is Cc1nc(NC(=O)C(F)(F)F)c(C(=O)O)[nH]1. The smallest absolute Gasteiger partial charge is 0.471 e. The highest BCUT2D eigenvalue weighted by molar-refractivity contribution is 6.00. The Bertz CT molecular complexity index is 438. The van der Waals surface area contributed by atoms with E-state index < -0.39 is 29.6 Å². The minimum atomic E-state index is -5.09. The summed E-state index contributed by atoms with van der Waals surface area (Å²) in [6.45, 7) is 1.34. The third kappa shape index (κ3) is 2.49. The normalized spacial score (nSPS) is 11.2.